The number of anilines is 1. The van der Waals surface area contributed by atoms with Crippen molar-refractivity contribution in [2.75, 3.05) is 5.32 Å². The molecule has 0 bridgehead atoms. The molecule has 196 valence electrons. The van der Waals surface area contributed by atoms with E-state index in [1.165, 1.54) is 5.56 Å². The number of nitrogens with zero attached hydrogens (tertiary/aromatic N) is 3. The Morgan fingerprint density at radius 2 is 1.55 bits per heavy atom. The first-order chi connectivity index (χ1) is 19.5. The summed E-state index contributed by atoms with van der Waals surface area (Å²) in [6, 6.07) is 35.1. The Hall–Kier alpha value is -5.41. The van der Waals surface area contributed by atoms with Gasteiger partial charge in [-0.05, 0) is 74.0 Å². The predicted octanol–water partition coefficient (Wildman–Crippen LogP) is 7.28. The molecule has 1 N–H and O–H groups in total. The Kier molecular flexibility index (Phi) is 7.84. The van der Waals surface area contributed by atoms with E-state index in [1.54, 1.807) is 10.8 Å². The van der Waals surface area contributed by atoms with Crippen LogP contribution in [0.2, 0.25) is 0 Å². The van der Waals surface area contributed by atoms with Gasteiger partial charge in [0.15, 0.2) is 0 Å². The third kappa shape index (κ3) is 6.35. The summed E-state index contributed by atoms with van der Waals surface area (Å²) in [6.07, 6.45) is 3.40. The van der Waals surface area contributed by atoms with E-state index in [1.807, 2.05) is 98.1 Å². The monoisotopic (exact) mass is 524 g/mol. The van der Waals surface area contributed by atoms with Crippen LogP contribution in [0.5, 0.6) is 5.75 Å². The van der Waals surface area contributed by atoms with Crippen molar-refractivity contribution in [3.8, 4) is 28.8 Å². The van der Waals surface area contributed by atoms with Crippen molar-refractivity contribution in [1.82, 2.24) is 9.78 Å². The lowest BCUT2D eigenvalue weighted by atomic mass is 10.1. The zero-order chi connectivity index (χ0) is 27.9. The summed E-state index contributed by atoms with van der Waals surface area (Å²) >= 11 is 0. The first-order valence-electron chi connectivity index (χ1n) is 12.9. The van der Waals surface area contributed by atoms with Crippen molar-refractivity contribution < 1.29 is 9.53 Å². The summed E-state index contributed by atoms with van der Waals surface area (Å²) in [5, 5.41) is 17.5. The minimum atomic E-state index is -0.482. The van der Waals surface area contributed by atoms with Gasteiger partial charge >= 0.3 is 0 Å². The Morgan fingerprint density at radius 3 is 2.20 bits per heavy atom. The lowest BCUT2D eigenvalue weighted by Crippen LogP contribution is -2.13. The normalized spacial score (nSPS) is 11.1. The number of amides is 1. The molecule has 5 aromatic rings. The first kappa shape index (κ1) is 26.2. The van der Waals surface area contributed by atoms with Gasteiger partial charge in [-0.15, -0.1) is 0 Å². The third-order valence-corrected chi connectivity index (χ3v) is 6.39. The van der Waals surface area contributed by atoms with E-state index in [0.717, 1.165) is 28.1 Å². The second-order valence-corrected chi connectivity index (χ2v) is 9.50. The number of nitrogens with one attached hydrogen (secondary N) is 1. The van der Waals surface area contributed by atoms with Gasteiger partial charge in [0.1, 0.15) is 24.0 Å². The number of ether oxygens (including phenoxy) is 1. The fourth-order valence-electron chi connectivity index (χ4n) is 4.13. The Labute approximate surface area is 233 Å². The van der Waals surface area contributed by atoms with Gasteiger partial charge in [-0.3, -0.25) is 4.79 Å². The van der Waals surface area contributed by atoms with Gasteiger partial charge in [-0.2, -0.15) is 10.4 Å². The van der Waals surface area contributed by atoms with Gasteiger partial charge < -0.3 is 10.1 Å². The molecule has 0 radical (unpaired) electrons. The van der Waals surface area contributed by atoms with E-state index in [-0.39, 0.29) is 5.57 Å². The largest absolute Gasteiger partial charge is 0.489 e. The Balaban J connectivity index is 1.43. The summed E-state index contributed by atoms with van der Waals surface area (Å²) < 4.78 is 7.72. The molecular weight excluding hydrogens is 496 g/mol. The highest BCUT2D eigenvalue weighted by atomic mass is 16.5. The molecule has 1 amide bonds. The highest BCUT2D eigenvalue weighted by Crippen LogP contribution is 2.28. The Bertz CT molecular complexity index is 1680. The summed E-state index contributed by atoms with van der Waals surface area (Å²) in [6.45, 7) is 4.50. The minimum Gasteiger partial charge on any atom is -0.489 e. The molecule has 0 fully saturated rings. The number of carbonyl (C=O) groups is 1. The second kappa shape index (κ2) is 12.0. The third-order valence-electron chi connectivity index (χ3n) is 6.39. The lowest BCUT2D eigenvalue weighted by Gasteiger charge is -2.08. The molecule has 1 aromatic heterocycles. The maximum absolute atomic E-state index is 13.0. The summed E-state index contributed by atoms with van der Waals surface area (Å²) in [5.74, 6) is 0.253. The number of carbonyl (C=O) groups excluding carboxylic acids is 1. The summed E-state index contributed by atoms with van der Waals surface area (Å²) in [5.41, 5.74) is 6.97. The maximum Gasteiger partial charge on any atom is 0.266 e. The summed E-state index contributed by atoms with van der Waals surface area (Å²) in [4.78, 5) is 13.0. The highest BCUT2D eigenvalue weighted by molar-refractivity contribution is 6.10. The van der Waals surface area contributed by atoms with Gasteiger partial charge in [-0.1, -0.05) is 65.7 Å². The molecule has 0 saturated carbocycles. The van der Waals surface area contributed by atoms with Crippen LogP contribution in [0.4, 0.5) is 5.69 Å². The molecule has 40 heavy (non-hydrogen) atoms. The average molecular weight is 525 g/mol. The van der Waals surface area contributed by atoms with Crippen LogP contribution in [0, 0.1) is 25.2 Å². The predicted molar refractivity (Wildman–Crippen MR) is 158 cm³/mol. The molecule has 0 atom stereocenters. The van der Waals surface area contributed by atoms with E-state index < -0.39 is 5.91 Å². The van der Waals surface area contributed by atoms with Gasteiger partial charge in [0.2, 0.25) is 0 Å². The van der Waals surface area contributed by atoms with Crippen molar-refractivity contribution >= 4 is 17.7 Å². The van der Waals surface area contributed by atoms with Crippen molar-refractivity contribution in [3.05, 3.63) is 137 Å². The number of hydrogen-bond donors (Lipinski definition) is 1. The van der Waals surface area contributed by atoms with Crippen LogP contribution in [-0.4, -0.2) is 15.7 Å². The van der Waals surface area contributed by atoms with Crippen molar-refractivity contribution in [3.63, 3.8) is 0 Å². The average Bonchev–Trinajstić information content (AvgIpc) is 3.41. The molecule has 0 unspecified atom stereocenters. The molecule has 6 nitrogen and oxygen atoms in total. The standard InChI is InChI=1S/C34H28N4O2/c1-24-8-12-26(13-9-24)23-40-32-18-14-27(15-19-32)33-29(22-38(37-33)31-6-4-3-5-7-31)20-28(21-35)34(39)36-30-16-10-25(2)11-17-30/h3-20,22H,23H2,1-2H3,(H,36,39)/b28-20-. The van der Waals surface area contributed by atoms with Crippen LogP contribution in [-0.2, 0) is 11.4 Å². The van der Waals surface area contributed by atoms with E-state index in [2.05, 4.69) is 36.5 Å². The molecule has 0 spiro atoms. The number of rotatable bonds is 8. The van der Waals surface area contributed by atoms with Crippen LogP contribution in [0.15, 0.2) is 115 Å². The zero-order valence-electron chi connectivity index (χ0n) is 22.3. The molecule has 0 aliphatic rings. The van der Waals surface area contributed by atoms with Crippen LogP contribution in [0.25, 0.3) is 23.0 Å². The van der Waals surface area contributed by atoms with Gasteiger partial charge in [0.25, 0.3) is 5.91 Å². The number of aryl methyl sites for hydroxylation is 2. The molecule has 0 aliphatic carbocycles. The first-order valence-corrected chi connectivity index (χ1v) is 12.9. The molecule has 4 aromatic carbocycles. The van der Waals surface area contributed by atoms with E-state index in [9.17, 15) is 10.1 Å². The van der Waals surface area contributed by atoms with Crippen LogP contribution in [0.3, 0.4) is 0 Å². The lowest BCUT2D eigenvalue weighted by molar-refractivity contribution is -0.112. The fraction of sp³-hybridized carbons (Fsp3) is 0.0882. The quantitative estimate of drug-likeness (QED) is 0.171. The number of aromatic nitrogens is 2. The van der Waals surface area contributed by atoms with Crippen molar-refractivity contribution in [2.24, 2.45) is 0 Å². The maximum atomic E-state index is 13.0. The number of hydrogen-bond acceptors (Lipinski definition) is 4. The SMILES string of the molecule is Cc1ccc(COc2ccc(-c3nn(-c4ccccc4)cc3/C=C(/C#N)C(=O)Nc3ccc(C)cc3)cc2)cc1. The number of nitriles is 1. The molecule has 6 heteroatoms. The Morgan fingerprint density at radius 1 is 0.900 bits per heavy atom. The van der Waals surface area contributed by atoms with E-state index in [4.69, 9.17) is 9.84 Å². The summed E-state index contributed by atoms with van der Waals surface area (Å²) in [7, 11) is 0. The molecular formula is C34H28N4O2. The second-order valence-electron chi connectivity index (χ2n) is 9.50. The molecule has 0 aliphatic heterocycles. The molecule has 1 heterocycles. The molecule has 0 saturated heterocycles. The van der Waals surface area contributed by atoms with Crippen molar-refractivity contribution in [1.29, 1.82) is 5.26 Å². The van der Waals surface area contributed by atoms with Crippen molar-refractivity contribution in [2.45, 2.75) is 20.5 Å². The van der Waals surface area contributed by atoms with Crippen LogP contribution in [0.1, 0.15) is 22.3 Å². The zero-order valence-corrected chi connectivity index (χ0v) is 22.3. The van der Waals surface area contributed by atoms with Gasteiger partial charge in [0, 0.05) is 23.0 Å². The number of para-hydroxylation sites is 1. The smallest absolute Gasteiger partial charge is 0.266 e. The van der Waals surface area contributed by atoms with E-state index in [0.29, 0.717) is 23.6 Å². The highest BCUT2D eigenvalue weighted by Gasteiger charge is 2.16. The van der Waals surface area contributed by atoms with Crippen LogP contribution >= 0.6 is 0 Å². The minimum absolute atomic E-state index is 0.0208. The molecule has 5 rings (SSSR count). The fourth-order valence-corrected chi connectivity index (χ4v) is 4.13. The van der Waals surface area contributed by atoms with E-state index >= 15 is 0 Å². The van der Waals surface area contributed by atoms with Gasteiger partial charge in [-0.25, -0.2) is 4.68 Å². The number of benzene rings is 4. The van der Waals surface area contributed by atoms with Gasteiger partial charge in [0.05, 0.1) is 11.4 Å². The topological polar surface area (TPSA) is 79.9 Å². The van der Waals surface area contributed by atoms with Crippen LogP contribution < -0.4 is 10.1 Å².